The van der Waals surface area contributed by atoms with Crippen molar-refractivity contribution in [3.8, 4) is 0 Å². The Labute approximate surface area is 215 Å². The maximum absolute atomic E-state index is 11.7. The Morgan fingerprint density at radius 2 is 1.11 bits per heavy atom. The molecule has 2 amide bonds. The Balaban J connectivity index is 0.000000360. The number of hydrogen-bond donors (Lipinski definition) is 4. The van der Waals surface area contributed by atoms with Crippen molar-refractivity contribution in [3.05, 3.63) is 71.8 Å². The molecule has 2 aromatic rings. The van der Waals surface area contributed by atoms with Crippen LogP contribution in [0.4, 0.5) is 9.59 Å². The summed E-state index contributed by atoms with van der Waals surface area (Å²) in [5.41, 5.74) is 6.55. The molecule has 5 N–H and O–H groups in total. The maximum Gasteiger partial charge on any atom is 0.408 e. The van der Waals surface area contributed by atoms with E-state index in [4.69, 9.17) is 20.3 Å². The molecule has 0 aliphatic carbocycles. The van der Waals surface area contributed by atoms with E-state index in [0.29, 0.717) is 19.4 Å². The van der Waals surface area contributed by atoms with Crippen LogP contribution in [0.3, 0.4) is 0 Å². The zero-order chi connectivity index (χ0) is 27.2. The second kappa shape index (κ2) is 15.1. The molecule has 0 aliphatic heterocycles. The van der Waals surface area contributed by atoms with Gasteiger partial charge in [-0.3, -0.25) is 0 Å². The van der Waals surface area contributed by atoms with Gasteiger partial charge in [-0.1, -0.05) is 60.7 Å². The average Bonchev–Trinajstić information content (AvgIpc) is 2.78. The fourth-order valence-electron chi connectivity index (χ4n) is 3.21. The smallest absolute Gasteiger partial charge is 0.408 e. The van der Waals surface area contributed by atoms with Crippen LogP contribution < -0.4 is 16.4 Å². The van der Waals surface area contributed by atoms with Gasteiger partial charge < -0.3 is 30.9 Å². The lowest BCUT2D eigenvalue weighted by Gasteiger charge is -2.23. The van der Waals surface area contributed by atoms with Crippen LogP contribution in [0.2, 0.25) is 0 Å². The fourth-order valence-corrected chi connectivity index (χ4v) is 3.21. The highest BCUT2D eigenvalue weighted by Gasteiger charge is 2.21. The van der Waals surface area contributed by atoms with Gasteiger partial charge >= 0.3 is 12.2 Å². The van der Waals surface area contributed by atoms with Crippen molar-refractivity contribution in [2.45, 2.75) is 77.7 Å². The van der Waals surface area contributed by atoms with Crippen molar-refractivity contribution in [1.29, 1.82) is 0 Å². The van der Waals surface area contributed by atoms with E-state index in [-0.39, 0.29) is 18.7 Å². The van der Waals surface area contributed by atoms with E-state index in [9.17, 15) is 9.59 Å². The van der Waals surface area contributed by atoms with Gasteiger partial charge in [0.2, 0.25) is 0 Å². The summed E-state index contributed by atoms with van der Waals surface area (Å²) in [6.45, 7) is 11.5. The summed E-state index contributed by atoms with van der Waals surface area (Å²) in [5, 5.41) is 14.7. The second-order valence-corrected chi connectivity index (χ2v) is 10.3. The van der Waals surface area contributed by atoms with E-state index in [0.717, 1.165) is 11.1 Å². The summed E-state index contributed by atoms with van der Waals surface area (Å²) in [6, 6.07) is 19.0. The number of alkyl carbamates (subject to hydrolysis) is 2. The quantitative estimate of drug-likeness (QED) is 0.392. The first-order valence-electron chi connectivity index (χ1n) is 12.2. The Morgan fingerprint density at radius 3 is 1.42 bits per heavy atom. The molecule has 0 aliphatic rings. The van der Waals surface area contributed by atoms with E-state index in [1.165, 1.54) is 0 Å². The number of ether oxygens (including phenoxy) is 2. The van der Waals surface area contributed by atoms with Gasteiger partial charge in [-0.05, 0) is 72.1 Å². The van der Waals surface area contributed by atoms with Gasteiger partial charge in [0.15, 0.2) is 0 Å². The van der Waals surface area contributed by atoms with Gasteiger partial charge in [0.25, 0.3) is 0 Å². The predicted octanol–water partition coefficient (Wildman–Crippen LogP) is 5.24. The van der Waals surface area contributed by atoms with Crippen LogP contribution in [0.25, 0.3) is 0 Å². The molecule has 36 heavy (non-hydrogen) atoms. The highest BCUT2D eigenvalue weighted by atomic mass is 16.6. The molecule has 2 aromatic carbocycles. The maximum atomic E-state index is 11.7. The van der Waals surface area contributed by atoms with Crippen LogP contribution in [-0.4, -0.2) is 41.6 Å². The minimum atomic E-state index is -0.523. The Morgan fingerprint density at radius 1 is 0.750 bits per heavy atom. The molecule has 0 unspecified atom stereocenters. The van der Waals surface area contributed by atoms with Gasteiger partial charge in [0.05, 0.1) is 12.1 Å². The number of aliphatic hydroxyl groups is 1. The predicted molar refractivity (Wildman–Crippen MR) is 142 cm³/mol. The summed E-state index contributed by atoms with van der Waals surface area (Å²) in [4.78, 5) is 23.4. The first-order chi connectivity index (χ1) is 16.8. The molecule has 0 heterocycles. The summed E-state index contributed by atoms with van der Waals surface area (Å²) in [6.07, 6.45) is 0.265. The van der Waals surface area contributed by atoms with Crippen molar-refractivity contribution in [2.75, 3.05) is 13.2 Å². The Hall–Kier alpha value is -3.10. The number of carbonyl (C=O) groups is 2. The molecule has 0 saturated carbocycles. The second-order valence-electron chi connectivity index (χ2n) is 10.3. The van der Waals surface area contributed by atoms with Crippen molar-refractivity contribution in [2.24, 2.45) is 5.73 Å². The number of aliphatic hydroxyl groups excluding tert-OH is 1. The monoisotopic (exact) mass is 501 g/mol. The molecule has 0 radical (unpaired) electrons. The van der Waals surface area contributed by atoms with Gasteiger partial charge in [0, 0.05) is 6.61 Å². The molecular formula is C28H43N3O5. The minimum absolute atomic E-state index is 0.00928. The highest BCUT2D eigenvalue weighted by Crippen LogP contribution is 2.18. The summed E-state index contributed by atoms with van der Waals surface area (Å²) >= 11 is 0. The van der Waals surface area contributed by atoms with E-state index in [1.807, 2.05) is 102 Å². The van der Waals surface area contributed by atoms with E-state index >= 15 is 0 Å². The molecule has 200 valence electrons. The van der Waals surface area contributed by atoms with Gasteiger partial charge in [-0.25, -0.2) is 9.59 Å². The molecule has 8 heteroatoms. The van der Waals surface area contributed by atoms with Gasteiger partial charge in [0.1, 0.15) is 11.2 Å². The first-order valence-corrected chi connectivity index (χ1v) is 12.2. The van der Waals surface area contributed by atoms with Crippen LogP contribution in [0.5, 0.6) is 0 Å². The third-order valence-corrected chi connectivity index (χ3v) is 4.66. The molecular weight excluding hydrogens is 458 g/mol. The number of nitrogens with two attached hydrogens (primary N) is 1. The minimum Gasteiger partial charge on any atom is -0.444 e. The molecule has 0 aromatic heterocycles. The lowest BCUT2D eigenvalue weighted by molar-refractivity contribution is 0.0486. The molecule has 0 bridgehead atoms. The summed E-state index contributed by atoms with van der Waals surface area (Å²) in [5.74, 6) is 0. The van der Waals surface area contributed by atoms with Gasteiger partial charge in [-0.2, -0.15) is 0 Å². The number of hydrogen-bond acceptors (Lipinski definition) is 6. The van der Waals surface area contributed by atoms with Crippen LogP contribution in [0, 0.1) is 0 Å². The summed E-state index contributed by atoms with van der Waals surface area (Å²) in [7, 11) is 0. The Bertz CT molecular complexity index is 817. The van der Waals surface area contributed by atoms with Crippen molar-refractivity contribution in [3.63, 3.8) is 0 Å². The van der Waals surface area contributed by atoms with Crippen LogP contribution in [0.15, 0.2) is 60.7 Å². The topological polar surface area (TPSA) is 123 Å². The highest BCUT2D eigenvalue weighted by molar-refractivity contribution is 5.68. The van der Waals surface area contributed by atoms with Crippen molar-refractivity contribution < 1.29 is 24.2 Å². The standard InChI is InChI=1S/C14H22N2O2.C14H21NO3/c1-14(2,3)18-13(17)16-12(9-10-15)11-7-5-4-6-8-11;1-14(2,3)18-13(17)15-12(9-10-16)11-7-5-4-6-8-11/h4-8,12H,9-10,15H2,1-3H3,(H,16,17);4-8,12,16H,9-10H2,1-3H3,(H,15,17)/t2*12-/m00/s1. The molecule has 0 spiro atoms. The van der Waals surface area contributed by atoms with Crippen LogP contribution >= 0.6 is 0 Å². The normalized spacial score (nSPS) is 12.9. The fraction of sp³-hybridized carbons (Fsp3) is 0.500. The van der Waals surface area contributed by atoms with Crippen molar-refractivity contribution >= 4 is 12.2 Å². The molecule has 2 atom stereocenters. The number of benzene rings is 2. The SMILES string of the molecule is CC(C)(C)OC(=O)N[C@@H](CCN)c1ccccc1.CC(C)(C)OC(=O)N[C@@H](CCO)c1ccccc1. The van der Waals surface area contributed by atoms with E-state index in [2.05, 4.69) is 10.6 Å². The van der Waals surface area contributed by atoms with Crippen LogP contribution in [-0.2, 0) is 9.47 Å². The Kier molecular flexibility index (Phi) is 13.0. The summed E-state index contributed by atoms with van der Waals surface area (Å²) < 4.78 is 10.4. The molecule has 0 fully saturated rings. The third kappa shape index (κ3) is 13.7. The molecule has 0 saturated heterocycles. The molecule has 2 rings (SSSR count). The number of carbonyl (C=O) groups excluding carboxylic acids is 2. The van der Waals surface area contributed by atoms with Crippen LogP contribution in [0.1, 0.15) is 77.6 Å². The van der Waals surface area contributed by atoms with E-state index in [1.54, 1.807) is 0 Å². The number of amides is 2. The lowest BCUT2D eigenvalue weighted by atomic mass is 10.0. The van der Waals surface area contributed by atoms with Crippen molar-refractivity contribution in [1.82, 2.24) is 10.6 Å². The third-order valence-electron chi connectivity index (χ3n) is 4.66. The van der Waals surface area contributed by atoms with Gasteiger partial charge in [-0.15, -0.1) is 0 Å². The first kappa shape index (κ1) is 30.9. The zero-order valence-electron chi connectivity index (χ0n) is 22.4. The lowest BCUT2D eigenvalue weighted by Crippen LogP contribution is -2.35. The number of rotatable bonds is 8. The number of nitrogens with one attached hydrogen (secondary N) is 2. The molecule has 8 nitrogen and oxygen atoms in total. The van der Waals surface area contributed by atoms with E-state index < -0.39 is 23.4 Å². The largest absolute Gasteiger partial charge is 0.444 e. The average molecular weight is 502 g/mol. The zero-order valence-corrected chi connectivity index (χ0v) is 22.4.